The highest BCUT2D eigenvalue weighted by atomic mass is 32.2. The Kier molecular flexibility index (Phi) is 6.42. The van der Waals surface area contributed by atoms with E-state index >= 15 is 0 Å². The van der Waals surface area contributed by atoms with Gasteiger partial charge in [0.1, 0.15) is 11.6 Å². The van der Waals surface area contributed by atoms with E-state index in [1.165, 1.54) is 7.05 Å². The van der Waals surface area contributed by atoms with E-state index in [1.807, 2.05) is 0 Å². The molecule has 5 nitrogen and oxygen atoms in total. The third-order valence-electron chi connectivity index (χ3n) is 5.47. The molecule has 0 saturated heterocycles. The van der Waals surface area contributed by atoms with E-state index in [1.54, 1.807) is 0 Å². The molecule has 0 fully saturated rings. The van der Waals surface area contributed by atoms with Gasteiger partial charge in [-0.15, -0.1) is 0 Å². The van der Waals surface area contributed by atoms with Gasteiger partial charge in [-0.25, -0.2) is 26.5 Å². The zero-order valence-electron chi connectivity index (χ0n) is 18.6. The fourth-order valence-electron chi connectivity index (χ4n) is 3.63. The van der Waals surface area contributed by atoms with Gasteiger partial charge in [0.2, 0.25) is 5.95 Å². The van der Waals surface area contributed by atoms with Crippen molar-refractivity contribution in [3.8, 4) is 0 Å². The Morgan fingerprint density at radius 2 is 1.51 bits per heavy atom. The molecule has 0 atom stereocenters. The first-order valence-electron chi connectivity index (χ1n) is 10.3. The number of anilines is 1. The van der Waals surface area contributed by atoms with Crippen LogP contribution in [0, 0.1) is 11.6 Å². The average Bonchev–Trinajstić information content (AvgIpc) is 3.11. The molecule has 0 spiro atoms. The summed E-state index contributed by atoms with van der Waals surface area (Å²) in [6.45, 7) is -0.738. The molecule has 0 aliphatic carbocycles. The van der Waals surface area contributed by atoms with Crippen molar-refractivity contribution < 1.29 is 43.5 Å². The largest absolute Gasteiger partial charge is 0.419 e. The summed E-state index contributed by atoms with van der Waals surface area (Å²) < 4.78 is 135. The molecule has 4 rings (SSSR count). The minimum Gasteiger partial charge on any atom is -0.312 e. The summed E-state index contributed by atoms with van der Waals surface area (Å²) in [7, 11) is -3.37. The maximum Gasteiger partial charge on any atom is 0.419 e. The van der Waals surface area contributed by atoms with E-state index in [9.17, 15) is 43.5 Å². The quantitative estimate of drug-likeness (QED) is 0.275. The van der Waals surface area contributed by atoms with E-state index in [4.69, 9.17) is 0 Å². The standard InChI is InChI=1S/C23H15F8N3O2S/c1-33-20-11-14(22(26,27)28)3-9-19(20)32-21(33)34(37(35,36)16-6-4-15(24)5-7-16)12-13-2-8-17(18(25)10-13)23(29,30)31/h2-11H,12H2,1H3. The van der Waals surface area contributed by atoms with Crippen LogP contribution in [0.25, 0.3) is 11.0 Å². The van der Waals surface area contributed by atoms with Crippen LogP contribution < -0.4 is 4.31 Å². The highest BCUT2D eigenvalue weighted by Crippen LogP contribution is 2.35. The molecule has 0 saturated carbocycles. The smallest absolute Gasteiger partial charge is 0.312 e. The molecule has 1 aromatic heterocycles. The number of benzene rings is 3. The van der Waals surface area contributed by atoms with E-state index in [0.29, 0.717) is 16.4 Å². The number of alkyl halides is 6. The summed E-state index contributed by atoms with van der Waals surface area (Å²) in [4.78, 5) is 3.67. The SMILES string of the molecule is Cn1c(N(Cc2ccc(C(F)(F)F)c(F)c2)S(=O)(=O)c2ccc(F)cc2)nc2ccc(C(F)(F)F)cc21. The molecule has 0 bridgehead atoms. The highest BCUT2D eigenvalue weighted by Gasteiger charge is 2.35. The first-order chi connectivity index (χ1) is 17.1. The van der Waals surface area contributed by atoms with Crippen molar-refractivity contribution in [3.05, 3.63) is 89.0 Å². The van der Waals surface area contributed by atoms with E-state index in [0.717, 1.165) is 53.1 Å². The van der Waals surface area contributed by atoms with Gasteiger partial charge in [-0.2, -0.15) is 26.3 Å². The summed E-state index contributed by atoms with van der Waals surface area (Å²) in [5, 5.41) is 0. The van der Waals surface area contributed by atoms with Gasteiger partial charge in [-0.05, 0) is 60.2 Å². The second-order valence-electron chi connectivity index (χ2n) is 7.95. The van der Waals surface area contributed by atoms with Crippen molar-refractivity contribution in [3.63, 3.8) is 0 Å². The number of sulfonamides is 1. The molecule has 1 heterocycles. The third-order valence-corrected chi connectivity index (χ3v) is 7.21. The first-order valence-corrected chi connectivity index (χ1v) is 11.7. The molecule has 37 heavy (non-hydrogen) atoms. The predicted molar refractivity (Wildman–Crippen MR) is 117 cm³/mol. The Labute approximate surface area is 204 Å². The van der Waals surface area contributed by atoms with Gasteiger partial charge in [0.25, 0.3) is 10.0 Å². The number of halogens is 8. The van der Waals surface area contributed by atoms with Crippen LogP contribution in [-0.2, 0) is 36.0 Å². The lowest BCUT2D eigenvalue weighted by molar-refractivity contribution is -0.140. The van der Waals surface area contributed by atoms with Crippen molar-refractivity contribution >= 4 is 27.0 Å². The fourth-order valence-corrected chi connectivity index (χ4v) is 5.06. The van der Waals surface area contributed by atoms with Crippen LogP contribution in [0.2, 0.25) is 0 Å². The number of nitrogens with zero attached hydrogens (tertiary/aromatic N) is 3. The van der Waals surface area contributed by atoms with Crippen LogP contribution in [0.4, 0.5) is 41.1 Å². The lowest BCUT2D eigenvalue weighted by Gasteiger charge is -2.24. The maximum atomic E-state index is 14.2. The summed E-state index contributed by atoms with van der Waals surface area (Å²) in [6.07, 6.45) is -9.69. The van der Waals surface area contributed by atoms with Crippen LogP contribution in [0.1, 0.15) is 16.7 Å². The average molecular weight is 549 g/mol. The van der Waals surface area contributed by atoms with Gasteiger partial charge in [0.15, 0.2) is 0 Å². The molecule has 0 aliphatic heterocycles. The molecule has 3 aromatic carbocycles. The minimum absolute atomic E-state index is 0.0107. The Balaban J connectivity index is 1.88. The van der Waals surface area contributed by atoms with E-state index in [2.05, 4.69) is 4.98 Å². The van der Waals surface area contributed by atoms with Gasteiger partial charge in [-0.1, -0.05) is 6.07 Å². The van der Waals surface area contributed by atoms with Crippen LogP contribution >= 0.6 is 0 Å². The molecule has 196 valence electrons. The van der Waals surface area contributed by atoms with Gasteiger partial charge < -0.3 is 4.57 Å². The van der Waals surface area contributed by atoms with Gasteiger partial charge in [0.05, 0.1) is 33.6 Å². The van der Waals surface area contributed by atoms with E-state index < -0.39 is 62.5 Å². The van der Waals surface area contributed by atoms with Crippen LogP contribution in [0.5, 0.6) is 0 Å². The molecular weight excluding hydrogens is 534 g/mol. The summed E-state index contributed by atoms with van der Waals surface area (Å²) >= 11 is 0. The lowest BCUT2D eigenvalue weighted by Crippen LogP contribution is -2.32. The van der Waals surface area contributed by atoms with E-state index in [-0.39, 0.29) is 16.6 Å². The molecular formula is C23H15F8N3O2S. The number of aromatic nitrogens is 2. The topological polar surface area (TPSA) is 55.2 Å². The number of rotatable bonds is 5. The van der Waals surface area contributed by atoms with Crippen LogP contribution in [0.3, 0.4) is 0 Å². The van der Waals surface area contributed by atoms with Crippen molar-refractivity contribution in [1.82, 2.24) is 9.55 Å². The number of hydrogen-bond donors (Lipinski definition) is 0. The monoisotopic (exact) mass is 549 g/mol. The zero-order valence-corrected chi connectivity index (χ0v) is 19.4. The lowest BCUT2D eigenvalue weighted by atomic mass is 10.1. The highest BCUT2D eigenvalue weighted by molar-refractivity contribution is 7.92. The summed E-state index contributed by atoms with van der Waals surface area (Å²) in [5.74, 6) is -2.80. The predicted octanol–water partition coefficient (Wildman–Crippen LogP) is 6.28. The van der Waals surface area contributed by atoms with Crippen molar-refractivity contribution in [1.29, 1.82) is 0 Å². The molecule has 4 aromatic rings. The number of imidazole rings is 1. The normalized spacial score (nSPS) is 12.8. The molecule has 0 amide bonds. The van der Waals surface area contributed by atoms with Crippen LogP contribution in [0.15, 0.2) is 65.6 Å². The molecule has 0 aliphatic rings. The Morgan fingerprint density at radius 3 is 2.08 bits per heavy atom. The number of aryl methyl sites for hydroxylation is 1. The van der Waals surface area contributed by atoms with Crippen molar-refractivity contribution in [2.24, 2.45) is 7.05 Å². The Morgan fingerprint density at radius 1 is 0.865 bits per heavy atom. The third kappa shape index (κ3) is 5.10. The number of fused-ring (bicyclic) bond motifs is 1. The zero-order chi connectivity index (χ0) is 27.3. The molecule has 0 N–H and O–H groups in total. The Hall–Kier alpha value is -3.68. The fraction of sp³-hybridized carbons (Fsp3) is 0.174. The van der Waals surface area contributed by atoms with Gasteiger partial charge in [0, 0.05) is 7.05 Å². The van der Waals surface area contributed by atoms with Gasteiger partial charge in [-0.3, -0.25) is 0 Å². The minimum atomic E-state index is -4.99. The molecule has 14 heteroatoms. The first kappa shape index (κ1) is 26.4. The van der Waals surface area contributed by atoms with Crippen LogP contribution in [-0.4, -0.2) is 18.0 Å². The maximum absolute atomic E-state index is 14.2. The second kappa shape index (κ2) is 9.01. The summed E-state index contributed by atoms with van der Waals surface area (Å²) in [6, 6.07) is 7.91. The molecule has 0 unspecified atom stereocenters. The van der Waals surface area contributed by atoms with Crippen molar-refractivity contribution in [2.75, 3.05) is 4.31 Å². The van der Waals surface area contributed by atoms with Crippen molar-refractivity contribution in [2.45, 2.75) is 23.8 Å². The second-order valence-corrected chi connectivity index (χ2v) is 9.81. The summed E-state index contributed by atoms with van der Waals surface area (Å²) in [5.41, 5.74) is -2.90. The van der Waals surface area contributed by atoms with Gasteiger partial charge >= 0.3 is 12.4 Å². The molecule has 0 radical (unpaired) electrons. The number of hydrogen-bond acceptors (Lipinski definition) is 3. The Bertz CT molecular complexity index is 1580.